The molecule has 7 heteroatoms. The lowest BCUT2D eigenvalue weighted by Gasteiger charge is -2.22. The predicted octanol–water partition coefficient (Wildman–Crippen LogP) is 4.75. The van der Waals surface area contributed by atoms with Gasteiger partial charge in [0.05, 0.1) is 21.2 Å². The lowest BCUT2D eigenvalue weighted by molar-refractivity contribution is 0.0785. The second-order valence-electron chi connectivity index (χ2n) is 7.10. The van der Waals surface area contributed by atoms with Gasteiger partial charge < -0.3 is 4.90 Å². The summed E-state index contributed by atoms with van der Waals surface area (Å²) in [5, 5.41) is 0.198. The Kier molecular flexibility index (Phi) is 6.48. The van der Waals surface area contributed by atoms with Crippen molar-refractivity contribution in [2.24, 2.45) is 0 Å². The van der Waals surface area contributed by atoms with Crippen LogP contribution in [0.2, 0.25) is 5.02 Å². The van der Waals surface area contributed by atoms with Gasteiger partial charge in [-0.2, -0.15) is 0 Å². The van der Waals surface area contributed by atoms with Crippen LogP contribution >= 0.6 is 11.6 Å². The monoisotopic (exact) mass is 442 g/mol. The summed E-state index contributed by atoms with van der Waals surface area (Å²) in [6.45, 7) is 2.45. The number of rotatable bonds is 6. The summed E-state index contributed by atoms with van der Waals surface area (Å²) in [6.07, 6.45) is 0. The number of sulfonamides is 1. The van der Waals surface area contributed by atoms with Crippen molar-refractivity contribution in [2.45, 2.75) is 18.4 Å². The van der Waals surface area contributed by atoms with Crippen molar-refractivity contribution in [3.8, 4) is 0 Å². The van der Waals surface area contributed by atoms with Crippen molar-refractivity contribution in [3.63, 3.8) is 0 Å². The Labute approximate surface area is 182 Å². The number of amides is 1. The highest BCUT2D eigenvalue weighted by Gasteiger charge is 2.23. The topological polar surface area (TPSA) is 57.7 Å². The largest absolute Gasteiger partial charge is 0.337 e. The zero-order valence-corrected chi connectivity index (χ0v) is 18.6. The zero-order chi connectivity index (χ0) is 21.9. The Balaban J connectivity index is 1.81. The smallest absolute Gasteiger partial charge is 0.264 e. The zero-order valence-electron chi connectivity index (χ0n) is 17.0. The molecular weight excluding hydrogens is 420 g/mol. The Morgan fingerprint density at radius 3 is 2.27 bits per heavy atom. The van der Waals surface area contributed by atoms with Gasteiger partial charge in [0, 0.05) is 20.6 Å². The van der Waals surface area contributed by atoms with Crippen LogP contribution in [0, 0.1) is 6.92 Å². The van der Waals surface area contributed by atoms with E-state index in [9.17, 15) is 13.2 Å². The average molecular weight is 443 g/mol. The van der Waals surface area contributed by atoms with E-state index < -0.39 is 10.0 Å². The molecule has 0 aliphatic heterocycles. The fourth-order valence-corrected chi connectivity index (χ4v) is 4.59. The van der Waals surface area contributed by atoms with E-state index >= 15 is 0 Å². The first-order valence-corrected chi connectivity index (χ1v) is 11.2. The number of benzene rings is 3. The molecule has 3 rings (SSSR count). The summed E-state index contributed by atoms with van der Waals surface area (Å²) in [5.41, 5.74) is 2.84. The lowest BCUT2D eigenvalue weighted by atomic mass is 10.1. The summed E-state index contributed by atoms with van der Waals surface area (Å²) in [6, 6.07) is 20.7. The molecule has 5 nitrogen and oxygen atoms in total. The van der Waals surface area contributed by atoms with E-state index in [1.165, 1.54) is 25.2 Å². The van der Waals surface area contributed by atoms with Gasteiger partial charge in [0.15, 0.2) is 0 Å². The molecule has 0 saturated heterocycles. The van der Waals surface area contributed by atoms with E-state index in [-0.39, 0.29) is 15.8 Å². The van der Waals surface area contributed by atoms with Crippen LogP contribution in [0.15, 0.2) is 77.7 Å². The van der Waals surface area contributed by atoms with Crippen LogP contribution in [0.25, 0.3) is 0 Å². The highest BCUT2D eigenvalue weighted by atomic mass is 35.5. The van der Waals surface area contributed by atoms with Gasteiger partial charge in [-0.25, -0.2) is 8.42 Å². The third kappa shape index (κ3) is 4.66. The highest BCUT2D eigenvalue weighted by Crippen LogP contribution is 2.28. The molecule has 0 heterocycles. The van der Waals surface area contributed by atoms with Crippen molar-refractivity contribution in [2.75, 3.05) is 18.4 Å². The van der Waals surface area contributed by atoms with Crippen molar-refractivity contribution in [1.29, 1.82) is 0 Å². The molecule has 156 valence electrons. The van der Waals surface area contributed by atoms with Gasteiger partial charge in [0.25, 0.3) is 15.9 Å². The summed E-state index contributed by atoms with van der Waals surface area (Å²) >= 11 is 6.37. The van der Waals surface area contributed by atoms with Gasteiger partial charge in [-0.05, 0) is 42.8 Å². The van der Waals surface area contributed by atoms with Crippen LogP contribution in [-0.2, 0) is 16.6 Å². The van der Waals surface area contributed by atoms with E-state index in [0.29, 0.717) is 17.8 Å². The maximum Gasteiger partial charge on any atom is 0.264 e. The molecule has 0 spiro atoms. The van der Waals surface area contributed by atoms with Gasteiger partial charge in [0.2, 0.25) is 0 Å². The predicted molar refractivity (Wildman–Crippen MR) is 120 cm³/mol. The van der Waals surface area contributed by atoms with E-state index in [1.807, 2.05) is 31.2 Å². The molecule has 0 aliphatic carbocycles. The minimum Gasteiger partial charge on any atom is -0.337 e. The Bertz CT molecular complexity index is 1160. The van der Waals surface area contributed by atoms with Gasteiger partial charge in [-0.15, -0.1) is 0 Å². The van der Waals surface area contributed by atoms with Crippen LogP contribution in [0.4, 0.5) is 5.69 Å². The number of aryl methyl sites for hydroxylation is 1. The van der Waals surface area contributed by atoms with Crippen LogP contribution in [0.5, 0.6) is 0 Å². The summed E-state index contributed by atoms with van der Waals surface area (Å²) in [4.78, 5) is 14.6. The molecule has 1 amide bonds. The van der Waals surface area contributed by atoms with Crippen LogP contribution < -0.4 is 4.31 Å². The summed E-state index contributed by atoms with van der Waals surface area (Å²) in [7, 11) is -0.557. The van der Waals surface area contributed by atoms with E-state index in [4.69, 9.17) is 11.6 Å². The van der Waals surface area contributed by atoms with Gasteiger partial charge in [-0.3, -0.25) is 9.10 Å². The molecule has 0 aromatic heterocycles. The fraction of sp³-hybridized carbons (Fsp3) is 0.174. The fourth-order valence-electron chi connectivity index (χ4n) is 3.12. The molecule has 0 aliphatic rings. The highest BCUT2D eigenvalue weighted by molar-refractivity contribution is 7.92. The first kappa shape index (κ1) is 21.9. The number of hydrogen-bond donors (Lipinski definition) is 0. The Morgan fingerprint density at radius 2 is 1.63 bits per heavy atom. The molecule has 0 atom stereocenters. The van der Waals surface area contributed by atoms with Crippen molar-refractivity contribution >= 4 is 33.2 Å². The average Bonchev–Trinajstić information content (AvgIpc) is 2.73. The van der Waals surface area contributed by atoms with Crippen LogP contribution in [0.3, 0.4) is 0 Å². The van der Waals surface area contributed by atoms with Crippen LogP contribution in [-0.4, -0.2) is 33.3 Å². The SMILES string of the molecule is Cc1cccc(CN(C)C(=O)c2ccc(N(C)S(=O)(=O)c3ccccc3)cc2Cl)c1. The van der Waals surface area contributed by atoms with Crippen molar-refractivity contribution in [3.05, 3.63) is 94.5 Å². The third-order valence-corrected chi connectivity index (χ3v) is 6.91. The van der Waals surface area contributed by atoms with E-state index in [0.717, 1.165) is 15.4 Å². The quantitative estimate of drug-likeness (QED) is 0.553. The number of hydrogen-bond acceptors (Lipinski definition) is 3. The number of nitrogens with zero attached hydrogens (tertiary/aromatic N) is 2. The second kappa shape index (κ2) is 8.90. The molecule has 0 unspecified atom stereocenters. The lowest BCUT2D eigenvalue weighted by Crippen LogP contribution is -2.28. The number of carbonyl (C=O) groups is 1. The summed E-state index contributed by atoms with van der Waals surface area (Å²) < 4.78 is 26.8. The molecule has 0 saturated carbocycles. The van der Waals surface area contributed by atoms with Gasteiger partial charge >= 0.3 is 0 Å². The van der Waals surface area contributed by atoms with Crippen molar-refractivity contribution < 1.29 is 13.2 Å². The first-order valence-electron chi connectivity index (χ1n) is 9.34. The van der Waals surface area contributed by atoms with Gasteiger partial charge in [0.1, 0.15) is 0 Å². The standard InChI is InChI=1S/C23H23ClN2O3S/c1-17-8-7-9-18(14-17)16-25(2)23(27)21-13-12-19(15-22(21)24)26(3)30(28,29)20-10-5-4-6-11-20/h4-15H,16H2,1-3H3. The number of anilines is 1. The molecule has 0 radical (unpaired) electrons. The third-order valence-electron chi connectivity index (χ3n) is 4.80. The molecule has 0 fully saturated rings. The molecule has 30 heavy (non-hydrogen) atoms. The maximum absolute atomic E-state index is 12.9. The first-order chi connectivity index (χ1) is 14.2. The van der Waals surface area contributed by atoms with E-state index in [2.05, 4.69) is 0 Å². The number of carbonyl (C=O) groups excluding carboxylic acids is 1. The Hall–Kier alpha value is -2.83. The summed E-state index contributed by atoms with van der Waals surface area (Å²) in [5.74, 6) is -0.235. The molecule has 0 N–H and O–H groups in total. The van der Waals surface area contributed by atoms with Gasteiger partial charge in [-0.1, -0.05) is 59.6 Å². The minimum absolute atomic E-state index is 0.182. The van der Waals surface area contributed by atoms with Crippen molar-refractivity contribution in [1.82, 2.24) is 4.90 Å². The number of halogens is 1. The molecular formula is C23H23ClN2O3S. The minimum atomic E-state index is -3.72. The molecule has 3 aromatic rings. The Morgan fingerprint density at radius 1 is 0.933 bits per heavy atom. The molecule has 0 bridgehead atoms. The van der Waals surface area contributed by atoms with E-state index in [1.54, 1.807) is 42.3 Å². The second-order valence-corrected chi connectivity index (χ2v) is 9.48. The molecule has 3 aromatic carbocycles. The normalized spacial score (nSPS) is 11.2. The maximum atomic E-state index is 12.9. The van der Waals surface area contributed by atoms with Crippen LogP contribution in [0.1, 0.15) is 21.5 Å².